The number of carbonyl (C=O) groups excluding carboxylic acids is 2. The van der Waals surface area contributed by atoms with Crippen molar-refractivity contribution >= 4 is 50.1 Å². The maximum absolute atomic E-state index is 13.2. The third-order valence-corrected chi connectivity index (χ3v) is 7.85. The minimum atomic E-state index is -0.206. The van der Waals surface area contributed by atoms with Crippen LogP contribution in [0.1, 0.15) is 50.0 Å². The van der Waals surface area contributed by atoms with E-state index >= 15 is 0 Å². The molecule has 0 amide bonds. The van der Waals surface area contributed by atoms with Crippen LogP contribution in [0.15, 0.2) is 60.2 Å². The van der Waals surface area contributed by atoms with E-state index in [1.807, 2.05) is 42.5 Å². The van der Waals surface area contributed by atoms with Gasteiger partial charge in [-0.1, -0.05) is 42.0 Å². The van der Waals surface area contributed by atoms with Crippen LogP contribution in [0.3, 0.4) is 0 Å². The SMILES string of the molecule is CCn1c(C=C2C(=O)c3cc4ccccc4cc3C2=O)cc2sc(-c3c(C)cc(C)cc3C)nc21. The number of ketones is 2. The summed E-state index contributed by atoms with van der Waals surface area (Å²) < 4.78 is 3.13. The first-order valence-electron chi connectivity index (χ1n) is 11.8. The summed E-state index contributed by atoms with van der Waals surface area (Å²) in [7, 11) is 0. The Balaban J connectivity index is 1.45. The van der Waals surface area contributed by atoms with Crippen LogP contribution in [0.5, 0.6) is 0 Å². The Morgan fingerprint density at radius 3 is 2.06 bits per heavy atom. The minimum Gasteiger partial charge on any atom is -0.325 e. The smallest absolute Gasteiger partial charge is 0.197 e. The predicted molar refractivity (Wildman–Crippen MR) is 144 cm³/mol. The number of Topliss-reactive ketones (excluding diaryl/α,β-unsaturated/α-hetero) is 2. The molecule has 172 valence electrons. The summed E-state index contributed by atoms with van der Waals surface area (Å²) in [4.78, 5) is 31.5. The van der Waals surface area contributed by atoms with Gasteiger partial charge in [0.2, 0.25) is 0 Å². The van der Waals surface area contributed by atoms with Crippen LogP contribution in [-0.4, -0.2) is 21.1 Å². The van der Waals surface area contributed by atoms with E-state index in [0.29, 0.717) is 17.7 Å². The zero-order chi connectivity index (χ0) is 24.4. The molecular formula is C30H24N2O2S. The fraction of sp³-hybridized carbons (Fsp3) is 0.167. The molecule has 0 spiro atoms. The number of hydrogen-bond acceptors (Lipinski definition) is 4. The number of nitrogens with zero attached hydrogens (tertiary/aromatic N) is 2. The number of allylic oxidation sites excluding steroid dienone is 1. The summed E-state index contributed by atoms with van der Waals surface area (Å²) in [5, 5.41) is 2.92. The number of thiazole rings is 1. The monoisotopic (exact) mass is 476 g/mol. The van der Waals surface area contributed by atoms with Crippen LogP contribution in [-0.2, 0) is 6.54 Å². The quantitative estimate of drug-likeness (QED) is 0.202. The van der Waals surface area contributed by atoms with Crippen molar-refractivity contribution in [3.05, 3.63) is 93.7 Å². The van der Waals surface area contributed by atoms with Crippen LogP contribution in [0.25, 0.3) is 37.8 Å². The number of aryl methyl sites for hydroxylation is 4. The van der Waals surface area contributed by atoms with Crippen molar-refractivity contribution < 1.29 is 9.59 Å². The first kappa shape index (κ1) is 21.7. The maximum atomic E-state index is 13.2. The van der Waals surface area contributed by atoms with Gasteiger partial charge in [0.15, 0.2) is 17.2 Å². The minimum absolute atomic E-state index is 0.206. The van der Waals surface area contributed by atoms with Gasteiger partial charge >= 0.3 is 0 Å². The van der Waals surface area contributed by atoms with Gasteiger partial charge in [0.1, 0.15) is 5.01 Å². The van der Waals surface area contributed by atoms with Crippen molar-refractivity contribution in [2.24, 2.45) is 0 Å². The topological polar surface area (TPSA) is 52.0 Å². The molecule has 5 heteroatoms. The first-order valence-corrected chi connectivity index (χ1v) is 12.6. The van der Waals surface area contributed by atoms with Crippen molar-refractivity contribution in [3.63, 3.8) is 0 Å². The molecule has 0 fully saturated rings. The van der Waals surface area contributed by atoms with Gasteiger partial charge in [0, 0.05) is 28.9 Å². The van der Waals surface area contributed by atoms with E-state index in [0.717, 1.165) is 31.8 Å². The van der Waals surface area contributed by atoms with Crippen LogP contribution in [0.2, 0.25) is 0 Å². The van der Waals surface area contributed by atoms with Crippen molar-refractivity contribution in [1.29, 1.82) is 0 Å². The Labute approximate surface area is 207 Å². The second-order valence-electron chi connectivity index (χ2n) is 9.26. The van der Waals surface area contributed by atoms with Crippen LogP contribution >= 0.6 is 11.3 Å². The van der Waals surface area contributed by atoms with Gasteiger partial charge in [-0.3, -0.25) is 9.59 Å². The van der Waals surface area contributed by atoms with E-state index < -0.39 is 0 Å². The second kappa shape index (κ2) is 7.85. The zero-order valence-corrected chi connectivity index (χ0v) is 20.9. The molecule has 0 unspecified atom stereocenters. The van der Waals surface area contributed by atoms with Gasteiger partial charge in [0.25, 0.3) is 0 Å². The summed E-state index contributed by atoms with van der Waals surface area (Å²) in [6, 6.07) is 17.9. The molecule has 6 rings (SSSR count). The molecule has 0 atom stereocenters. The molecule has 35 heavy (non-hydrogen) atoms. The lowest BCUT2D eigenvalue weighted by Gasteiger charge is -2.08. The predicted octanol–water partition coefficient (Wildman–Crippen LogP) is 7.33. The molecule has 3 aromatic carbocycles. The van der Waals surface area contributed by atoms with Crippen molar-refractivity contribution in [2.45, 2.75) is 34.2 Å². The molecule has 2 aromatic heterocycles. The highest BCUT2D eigenvalue weighted by atomic mass is 32.1. The number of fused-ring (bicyclic) bond motifs is 3. The Bertz CT molecular complexity index is 1670. The molecule has 4 nitrogen and oxygen atoms in total. The normalized spacial score (nSPS) is 13.3. The number of benzene rings is 3. The molecule has 0 saturated carbocycles. The van der Waals surface area contributed by atoms with E-state index in [4.69, 9.17) is 4.98 Å². The van der Waals surface area contributed by atoms with Crippen LogP contribution < -0.4 is 0 Å². The lowest BCUT2D eigenvalue weighted by atomic mass is 10.0. The Morgan fingerprint density at radius 2 is 1.49 bits per heavy atom. The van der Waals surface area contributed by atoms with Gasteiger partial charge in [-0.15, -0.1) is 11.3 Å². The highest BCUT2D eigenvalue weighted by Crippen LogP contribution is 2.37. The van der Waals surface area contributed by atoms with Crippen LogP contribution in [0.4, 0.5) is 0 Å². The number of aromatic nitrogens is 2. The lowest BCUT2D eigenvalue weighted by molar-refractivity contribution is 0.0990. The Hall–Kier alpha value is -3.83. The van der Waals surface area contributed by atoms with E-state index in [1.54, 1.807) is 17.4 Å². The van der Waals surface area contributed by atoms with E-state index in [2.05, 4.69) is 44.4 Å². The summed E-state index contributed by atoms with van der Waals surface area (Å²) in [5.74, 6) is -0.412. The molecule has 1 aliphatic carbocycles. The summed E-state index contributed by atoms with van der Waals surface area (Å²) in [5.41, 5.74) is 7.79. The van der Waals surface area contributed by atoms with Crippen molar-refractivity contribution in [2.75, 3.05) is 0 Å². The van der Waals surface area contributed by atoms with E-state index in [9.17, 15) is 9.59 Å². The Kier molecular flexibility index (Phi) is 4.87. The van der Waals surface area contributed by atoms with Gasteiger partial charge in [-0.25, -0.2) is 4.98 Å². The van der Waals surface area contributed by atoms with E-state index in [1.165, 1.54) is 22.3 Å². The van der Waals surface area contributed by atoms with Gasteiger partial charge in [0.05, 0.1) is 10.3 Å². The molecule has 0 bridgehead atoms. The largest absolute Gasteiger partial charge is 0.325 e. The third kappa shape index (κ3) is 3.30. The summed E-state index contributed by atoms with van der Waals surface area (Å²) in [6.45, 7) is 9.12. The Morgan fingerprint density at radius 1 is 0.886 bits per heavy atom. The summed E-state index contributed by atoms with van der Waals surface area (Å²) in [6.07, 6.45) is 1.75. The van der Waals surface area contributed by atoms with Gasteiger partial charge in [-0.2, -0.15) is 0 Å². The fourth-order valence-corrected chi connectivity index (χ4v) is 6.50. The van der Waals surface area contributed by atoms with Gasteiger partial charge in [-0.05, 0) is 73.9 Å². The highest BCUT2D eigenvalue weighted by molar-refractivity contribution is 7.21. The van der Waals surface area contributed by atoms with Crippen molar-refractivity contribution in [1.82, 2.24) is 9.55 Å². The molecular weight excluding hydrogens is 452 g/mol. The average Bonchev–Trinajstić information content (AvgIpc) is 3.43. The standard InChI is InChI=1S/C30H24N2O2S/c1-5-32-21(15-25-29(32)31-30(35-25)26-17(3)10-16(2)11-18(26)4)14-24-27(33)22-12-19-8-6-7-9-20(19)13-23(22)28(24)34/h6-15H,5H2,1-4H3. The second-order valence-corrected chi connectivity index (χ2v) is 10.3. The number of rotatable bonds is 3. The molecule has 0 aliphatic heterocycles. The third-order valence-electron chi connectivity index (χ3n) is 6.84. The molecule has 0 radical (unpaired) electrons. The average molecular weight is 477 g/mol. The first-order chi connectivity index (χ1) is 16.9. The molecule has 5 aromatic rings. The summed E-state index contributed by atoms with van der Waals surface area (Å²) >= 11 is 1.65. The van der Waals surface area contributed by atoms with Gasteiger partial charge < -0.3 is 4.57 Å². The number of hydrogen-bond donors (Lipinski definition) is 0. The number of carbonyl (C=O) groups is 2. The molecule has 0 saturated heterocycles. The molecule has 1 aliphatic rings. The fourth-order valence-electron chi connectivity index (χ4n) is 5.31. The maximum Gasteiger partial charge on any atom is 0.197 e. The zero-order valence-electron chi connectivity index (χ0n) is 20.1. The lowest BCUT2D eigenvalue weighted by Crippen LogP contribution is -2.03. The molecule has 0 N–H and O–H groups in total. The molecule has 2 heterocycles. The van der Waals surface area contributed by atoms with Crippen molar-refractivity contribution in [3.8, 4) is 10.6 Å². The van der Waals surface area contributed by atoms with E-state index in [-0.39, 0.29) is 17.1 Å². The highest BCUT2D eigenvalue weighted by Gasteiger charge is 2.34. The van der Waals surface area contributed by atoms with Crippen LogP contribution in [0, 0.1) is 20.8 Å².